The summed E-state index contributed by atoms with van der Waals surface area (Å²) in [5.41, 5.74) is 9.16. The Morgan fingerprint density at radius 2 is 1.23 bits per heavy atom. The summed E-state index contributed by atoms with van der Waals surface area (Å²) in [4.78, 5) is 0. The van der Waals surface area contributed by atoms with Crippen LogP contribution in [0.25, 0.3) is 38.6 Å². The molecule has 1 nitrogen and oxygen atoms in total. The summed E-state index contributed by atoms with van der Waals surface area (Å²) < 4.78 is 2.41. The largest absolute Gasteiger partial charge is 0.309 e. The average Bonchev–Trinajstić information content (AvgIpc) is 3.09. The maximum absolute atomic E-state index is 2.41. The van der Waals surface area contributed by atoms with Crippen molar-refractivity contribution in [1.82, 2.24) is 4.57 Å². The summed E-state index contributed by atoms with van der Waals surface area (Å²) in [6.45, 7) is 9.19. The summed E-state index contributed by atoms with van der Waals surface area (Å²) in [6, 6.07) is 32.8. The highest BCUT2D eigenvalue weighted by molar-refractivity contribution is 6.17. The number of hydrogen-bond acceptors (Lipinski definition) is 0. The standard InChI is InChI=1S/C29H27N/c1-20-24(29(2,3)4)18-19-26-27(20)28-23(21-12-7-5-8-13-21)16-11-17-25(28)30(26)22-14-9-6-10-15-22/h5-19H,1-4H3. The monoisotopic (exact) mass is 389 g/mol. The summed E-state index contributed by atoms with van der Waals surface area (Å²) >= 11 is 0. The lowest BCUT2D eigenvalue weighted by Gasteiger charge is -2.22. The van der Waals surface area contributed by atoms with E-state index in [1.54, 1.807) is 0 Å². The zero-order chi connectivity index (χ0) is 20.9. The van der Waals surface area contributed by atoms with Gasteiger partial charge >= 0.3 is 0 Å². The molecule has 148 valence electrons. The van der Waals surface area contributed by atoms with Gasteiger partial charge in [-0.25, -0.2) is 0 Å². The topological polar surface area (TPSA) is 4.93 Å². The van der Waals surface area contributed by atoms with E-state index >= 15 is 0 Å². The molecule has 1 aromatic heterocycles. The Morgan fingerprint density at radius 3 is 1.90 bits per heavy atom. The van der Waals surface area contributed by atoms with Crippen molar-refractivity contribution in [2.75, 3.05) is 0 Å². The molecule has 0 spiro atoms. The summed E-state index contributed by atoms with van der Waals surface area (Å²) in [6.07, 6.45) is 0. The van der Waals surface area contributed by atoms with Gasteiger partial charge in [-0.05, 0) is 58.9 Å². The highest BCUT2D eigenvalue weighted by atomic mass is 15.0. The van der Waals surface area contributed by atoms with Gasteiger partial charge < -0.3 is 4.57 Å². The van der Waals surface area contributed by atoms with Crippen LogP contribution in [0.1, 0.15) is 31.9 Å². The second-order valence-corrected chi connectivity index (χ2v) is 9.12. The van der Waals surface area contributed by atoms with Crippen molar-refractivity contribution in [3.05, 3.63) is 102 Å². The van der Waals surface area contributed by atoms with Crippen molar-refractivity contribution in [1.29, 1.82) is 0 Å². The van der Waals surface area contributed by atoms with E-state index in [2.05, 4.69) is 123 Å². The highest BCUT2D eigenvalue weighted by Crippen LogP contribution is 2.42. The molecule has 0 bridgehead atoms. The first-order chi connectivity index (χ1) is 14.5. The lowest BCUT2D eigenvalue weighted by atomic mass is 9.82. The minimum atomic E-state index is 0.0983. The maximum atomic E-state index is 2.41. The third-order valence-electron chi connectivity index (χ3n) is 6.12. The first-order valence-corrected chi connectivity index (χ1v) is 10.6. The van der Waals surface area contributed by atoms with Gasteiger partial charge in [-0.2, -0.15) is 0 Å². The molecule has 5 rings (SSSR count). The van der Waals surface area contributed by atoms with Gasteiger partial charge in [0.15, 0.2) is 0 Å². The summed E-state index contributed by atoms with van der Waals surface area (Å²) in [5, 5.41) is 2.70. The number of aryl methyl sites for hydroxylation is 1. The minimum Gasteiger partial charge on any atom is -0.309 e. The van der Waals surface area contributed by atoms with Gasteiger partial charge in [0.25, 0.3) is 0 Å². The zero-order valence-electron chi connectivity index (χ0n) is 18.1. The summed E-state index contributed by atoms with van der Waals surface area (Å²) in [7, 11) is 0. The molecule has 0 atom stereocenters. The first-order valence-electron chi connectivity index (χ1n) is 10.6. The summed E-state index contributed by atoms with van der Waals surface area (Å²) in [5.74, 6) is 0. The molecule has 5 aromatic rings. The number of fused-ring (bicyclic) bond motifs is 3. The number of aromatic nitrogens is 1. The Balaban J connectivity index is 2.00. The quantitative estimate of drug-likeness (QED) is 0.288. The van der Waals surface area contributed by atoms with Crippen LogP contribution in [-0.2, 0) is 5.41 Å². The molecule has 30 heavy (non-hydrogen) atoms. The van der Waals surface area contributed by atoms with Gasteiger partial charge in [0.2, 0.25) is 0 Å². The zero-order valence-corrected chi connectivity index (χ0v) is 18.1. The number of hydrogen-bond donors (Lipinski definition) is 0. The molecule has 1 heterocycles. The van der Waals surface area contributed by atoms with Crippen LogP contribution in [0.4, 0.5) is 0 Å². The molecular weight excluding hydrogens is 362 g/mol. The molecule has 0 aliphatic rings. The molecule has 0 fully saturated rings. The van der Waals surface area contributed by atoms with Crippen molar-refractivity contribution in [3.8, 4) is 16.8 Å². The predicted octanol–water partition coefficient (Wildman–Crippen LogP) is 8.06. The molecule has 0 saturated heterocycles. The van der Waals surface area contributed by atoms with Crippen LogP contribution < -0.4 is 0 Å². The average molecular weight is 390 g/mol. The Morgan fingerprint density at radius 1 is 0.600 bits per heavy atom. The van der Waals surface area contributed by atoms with Crippen LogP contribution in [-0.4, -0.2) is 4.57 Å². The van der Waals surface area contributed by atoms with Crippen molar-refractivity contribution < 1.29 is 0 Å². The number of nitrogens with zero attached hydrogens (tertiary/aromatic N) is 1. The third kappa shape index (κ3) is 2.85. The van der Waals surface area contributed by atoms with Gasteiger partial charge in [-0.1, -0.05) is 87.5 Å². The lowest BCUT2D eigenvalue weighted by Crippen LogP contribution is -2.13. The Bertz CT molecular complexity index is 1350. The number of rotatable bonds is 2. The fourth-order valence-corrected chi connectivity index (χ4v) is 4.84. The molecule has 0 radical (unpaired) electrons. The maximum Gasteiger partial charge on any atom is 0.0547 e. The molecule has 0 saturated carbocycles. The van der Waals surface area contributed by atoms with Crippen molar-refractivity contribution in [2.24, 2.45) is 0 Å². The number of para-hydroxylation sites is 1. The Labute approximate surface area is 178 Å². The second kappa shape index (κ2) is 6.88. The van der Waals surface area contributed by atoms with E-state index in [9.17, 15) is 0 Å². The fraction of sp³-hybridized carbons (Fsp3) is 0.172. The van der Waals surface area contributed by atoms with E-state index in [1.165, 1.54) is 49.7 Å². The van der Waals surface area contributed by atoms with Crippen molar-refractivity contribution in [2.45, 2.75) is 33.1 Å². The molecule has 0 N–H and O–H groups in total. The van der Waals surface area contributed by atoms with Crippen LogP contribution in [0.2, 0.25) is 0 Å². The Hall–Kier alpha value is -3.32. The predicted molar refractivity (Wildman–Crippen MR) is 130 cm³/mol. The van der Waals surface area contributed by atoms with Crippen LogP contribution in [0.5, 0.6) is 0 Å². The molecule has 0 unspecified atom stereocenters. The number of benzene rings is 4. The fourth-order valence-electron chi connectivity index (χ4n) is 4.84. The van der Waals surface area contributed by atoms with Gasteiger partial charge in [0, 0.05) is 16.5 Å². The van der Waals surface area contributed by atoms with Gasteiger partial charge in [-0.15, -0.1) is 0 Å². The van der Waals surface area contributed by atoms with E-state index in [4.69, 9.17) is 0 Å². The Kier molecular flexibility index (Phi) is 4.29. The third-order valence-corrected chi connectivity index (χ3v) is 6.12. The van der Waals surface area contributed by atoms with Crippen molar-refractivity contribution in [3.63, 3.8) is 0 Å². The van der Waals surface area contributed by atoms with Gasteiger partial charge in [-0.3, -0.25) is 0 Å². The van der Waals surface area contributed by atoms with E-state index in [1.807, 2.05) is 0 Å². The van der Waals surface area contributed by atoms with Crippen LogP contribution in [0.3, 0.4) is 0 Å². The van der Waals surface area contributed by atoms with Crippen LogP contribution in [0, 0.1) is 6.92 Å². The smallest absolute Gasteiger partial charge is 0.0547 e. The van der Waals surface area contributed by atoms with E-state index in [0.717, 1.165) is 0 Å². The van der Waals surface area contributed by atoms with Gasteiger partial charge in [0.1, 0.15) is 0 Å². The minimum absolute atomic E-state index is 0.0983. The highest BCUT2D eigenvalue weighted by Gasteiger charge is 2.23. The van der Waals surface area contributed by atoms with Crippen molar-refractivity contribution >= 4 is 21.8 Å². The molecule has 1 heteroatoms. The molecule has 0 amide bonds. The SMILES string of the molecule is Cc1c(C(C)(C)C)ccc2c1c1c(-c3ccccc3)cccc1n2-c1ccccc1. The van der Waals surface area contributed by atoms with E-state index in [0.29, 0.717) is 0 Å². The molecular formula is C29H27N. The normalized spacial score (nSPS) is 12.0. The molecule has 4 aromatic carbocycles. The molecule has 0 aliphatic carbocycles. The van der Waals surface area contributed by atoms with E-state index in [-0.39, 0.29) is 5.41 Å². The van der Waals surface area contributed by atoms with Crippen LogP contribution in [0.15, 0.2) is 91.0 Å². The lowest BCUT2D eigenvalue weighted by molar-refractivity contribution is 0.587. The molecule has 0 aliphatic heterocycles. The van der Waals surface area contributed by atoms with E-state index < -0.39 is 0 Å². The first kappa shape index (κ1) is 18.7. The second-order valence-electron chi connectivity index (χ2n) is 9.12. The van der Waals surface area contributed by atoms with Crippen LogP contribution >= 0.6 is 0 Å². The van der Waals surface area contributed by atoms with Gasteiger partial charge in [0.05, 0.1) is 11.0 Å².